The fourth-order valence-corrected chi connectivity index (χ4v) is 3.72. The molecule has 2 aromatic carbocycles. The van der Waals surface area contributed by atoms with E-state index in [-0.39, 0.29) is 30.3 Å². The monoisotopic (exact) mass is 401 g/mol. The van der Waals surface area contributed by atoms with E-state index >= 15 is 0 Å². The maximum absolute atomic E-state index is 12.7. The van der Waals surface area contributed by atoms with E-state index in [9.17, 15) is 14.7 Å². The van der Waals surface area contributed by atoms with Crippen LogP contribution in [0.2, 0.25) is 0 Å². The summed E-state index contributed by atoms with van der Waals surface area (Å²) in [5.74, 6) is -0.0649. The maximum atomic E-state index is 12.7. The van der Waals surface area contributed by atoms with Gasteiger partial charge in [0.15, 0.2) is 0 Å². The minimum atomic E-state index is -0.468. The van der Waals surface area contributed by atoms with E-state index in [1.807, 2.05) is 47.4 Å². The molecule has 2 unspecified atom stereocenters. The van der Waals surface area contributed by atoms with Gasteiger partial charge in [-0.15, -0.1) is 12.4 Å². The van der Waals surface area contributed by atoms with Gasteiger partial charge in [0.2, 0.25) is 11.8 Å². The van der Waals surface area contributed by atoms with Crippen molar-refractivity contribution in [3.05, 3.63) is 59.7 Å². The van der Waals surface area contributed by atoms with E-state index in [1.54, 1.807) is 0 Å². The van der Waals surface area contributed by atoms with Crippen molar-refractivity contribution in [3.63, 3.8) is 0 Å². The first-order valence-corrected chi connectivity index (χ1v) is 9.29. The molecule has 2 heterocycles. The number of halogens is 1. The van der Waals surface area contributed by atoms with Crippen molar-refractivity contribution in [2.24, 2.45) is 0 Å². The van der Waals surface area contributed by atoms with Crippen molar-refractivity contribution in [3.8, 4) is 0 Å². The van der Waals surface area contributed by atoms with Crippen LogP contribution >= 0.6 is 12.4 Å². The molecule has 0 aliphatic carbocycles. The molecule has 6 nitrogen and oxygen atoms in total. The van der Waals surface area contributed by atoms with Crippen LogP contribution in [-0.4, -0.2) is 42.2 Å². The van der Waals surface area contributed by atoms with E-state index in [0.717, 1.165) is 24.2 Å². The van der Waals surface area contributed by atoms with E-state index in [1.165, 1.54) is 5.56 Å². The van der Waals surface area contributed by atoms with Crippen LogP contribution in [0.25, 0.3) is 0 Å². The Morgan fingerprint density at radius 2 is 1.89 bits per heavy atom. The third kappa shape index (κ3) is 4.35. The van der Waals surface area contributed by atoms with Gasteiger partial charge < -0.3 is 20.6 Å². The number of fused-ring (bicyclic) bond motifs is 1. The zero-order valence-corrected chi connectivity index (χ0v) is 16.2. The van der Waals surface area contributed by atoms with E-state index in [4.69, 9.17) is 0 Å². The van der Waals surface area contributed by atoms with Crippen molar-refractivity contribution in [2.75, 3.05) is 23.3 Å². The Hall–Kier alpha value is -2.41. The molecule has 2 aromatic rings. The lowest BCUT2D eigenvalue weighted by Gasteiger charge is -2.17. The highest BCUT2D eigenvalue weighted by molar-refractivity contribution is 5.97. The molecule has 2 atom stereocenters. The lowest BCUT2D eigenvalue weighted by Crippen LogP contribution is -2.35. The quantitative estimate of drug-likeness (QED) is 0.730. The summed E-state index contributed by atoms with van der Waals surface area (Å²) in [4.78, 5) is 26.7. The van der Waals surface area contributed by atoms with Crippen molar-refractivity contribution in [1.29, 1.82) is 0 Å². The van der Waals surface area contributed by atoms with Gasteiger partial charge in [-0.2, -0.15) is 0 Å². The molecule has 3 N–H and O–H groups in total. The number of hydrogen-bond donors (Lipinski definition) is 3. The van der Waals surface area contributed by atoms with Gasteiger partial charge in [0.1, 0.15) is 0 Å². The molecule has 4 rings (SSSR count). The molecule has 0 aromatic heterocycles. The van der Waals surface area contributed by atoms with Gasteiger partial charge in [-0.3, -0.25) is 9.59 Å². The fraction of sp³-hybridized carbons (Fsp3) is 0.333. The molecule has 1 fully saturated rings. The zero-order chi connectivity index (χ0) is 18.8. The SMILES string of the molecule is Cl.O=C(Nc1ccc(CC(=O)N2CCc3ccccc32)cc1)C1CC(O)CN1. The number of para-hydroxylation sites is 1. The summed E-state index contributed by atoms with van der Waals surface area (Å²) in [7, 11) is 0. The molecule has 2 amide bonds. The average Bonchev–Trinajstić information content (AvgIpc) is 3.29. The Balaban J connectivity index is 0.00000225. The third-order valence-electron chi connectivity index (χ3n) is 5.19. The largest absolute Gasteiger partial charge is 0.392 e. The minimum absolute atomic E-state index is 0. The Morgan fingerprint density at radius 1 is 1.14 bits per heavy atom. The number of β-amino-alcohol motifs (C(OH)–C–C–N with tert-alkyl or cyclic N) is 1. The number of hydrogen-bond acceptors (Lipinski definition) is 4. The fourth-order valence-electron chi connectivity index (χ4n) is 3.72. The summed E-state index contributed by atoms with van der Waals surface area (Å²) in [5.41, 5.74) is 3.83. The van der Waals surface area contributed by atoms with Gasteiger partial charge in [-0.25, -0.2) is 0 Å². The molecule has 28 heavy (non-hydrogen) atoms. The average molecular weight is 402 g/mol. The molecule has 148 valence electrons. The predicted molar refractivity (Wildman–Crippen MR) is 111 cm³/mol. The number of amides is 2. The summed E-state index contributed by atoms with van der Waals surface area (Å²) < 4.78 is 0. The van der Waals surface area contributed by atoms with Gasteiger partial charge in [0, 0.05) is 24.5 Å². The highest BCUT2D eigenvalue weighted by Gasteiger charge is 2.28. The number of nitrogens with one attached hydrogen (secondary N) is 2. The Kier molecular flexibility index (Phi) is 6.34. The second-order valence-corrected chi connectivity index (χ2v) is 7.14. The molecule has 7 heteroatoms. The Morgan fingerprint density at radius 3 is 2.61 bits per heavy atom. The van der Waals surface area contributed by atoms with Gasteiger partial charge in [0.25, 0.3) is 0 Å². The van der Waals surface area contributed by atoms with Crippen LogP contribution in [0.3, 0.4) is 0 Å². The summed E-state index contributed by atoms with van der Waals surface area (Å²) >= 11 is 0. The van der Waals surface area contributed by atoms with Crippen molar-refractivity contribution in [1.82, 2.24) is 5.32 Å². The molecular weight excluding hydrogens is 378 g/mol. The van der Waals surface area contributed by atoms with Gasteiger partial charge in [-0.1, -0.05) is 30.3 Å². The Bertz CT molecular complexity index is 856. The van der Waals surface area contributed by atoms with Crippen LogP contribution in [-0.2, 0) is 22.4 Å². The Labute approximate surface area is 170 Å². The smallest absolute Gasteiger partial charge is 0.241 e. The number of carbonyl (C=O) groups excluding carboxylic acids is 2. The second-order valence-electron chi connectivity index (χ2n) is 7.14. The van der Waals surface area contributed by atoms with Gasteiger partial charge in [0.05, 0.1) is 18.6 Å². The number of anilines is 2. The first kappa shape index (κ1) is 20.3. The lowest BCUT2D eigenvalue weighted by atomic mass is 10.1. The zero-order valence-electron chi connectivity index (χ0n) is 15.4. The topological polar surface area (TPSA) is 81.7 Å². The van der Waals surface area contributed by atoms with E-state index in [2.05, 4.69) is 16.7 Å². The third-order valence-corrected chi connectivity index (χ3v) is 5.19. The predicted octanol–water partition coefficient (Wildman–Crippen LogP) is 1.90. The number of aliphatic hydroxyl groups is 1. The molecule has 0 radical (unpaired) electrons. The summed E-state index contributed by atoms with van der Waals surface area (Å²) in [6, 6.07) is 15.0. The van der Waals surface area contributed by atoms with Crippen LogP contribution in [0.4, 0.5) is 11.4 Å². The van der Waals surface area contributed by atoms with Crippen LogP contribution in [0.1, 0.15) is 17.5 Å². The summed E-state index contributed by atoms with van der Waals surface area (Å²) in [5, 5.41) is 15.3. The molecule has 2 aliphatic rings. The van der Waals surface area contributed by atoms with Gasteiger partial charge in [-0.05, 0) is 42.2 Å². The number of nitrogens with zero attached hydrogens (tertiary/aromatic N) is 1. The van der Waals surface area contributed by atoms with Crippen LogP contribution in [0, 0.1) is 0 Å². The molecule has 0 saturated carbocycles. The standard InChI is InChI=1S/C21H23N3O3.ClH/c25-17-12-18(22-13-17)21(27)23-16-7-5-14(6-8-16)11-20(26)24-10-9-15-3-1-2-4-19(15)24;/h1-8,17-18,22,25H,9-13H2,(H,23,27);1H. The molecular formula is C21H24ClN3O3. The maximum Gasteiger partial charge on any atom is 0.241 e. The van der Waals surface area contributed by atoms with Crippen molar-refractivity contribution in [2.45, 2.75) is 31.4 Å². The second kappa shape index (κ2) is 8.73. The lowest BCUT2D eigenvalue weighted by molar-refractivity contribution is -0.118. The minimum Gasteiger partial charge on any atom is -0.392 e. The van der Waals surface area contributed by atoms with Gasteiger partial charge >= 0.3 is 0 Å². The highest BCUT2D eigenvalue weighted by Crippen LogP contribution is 2.28. The number of carbonyl (C=O) groups is 2. The van der Waals surface area contributed by atoms with Crippen molar-refractivity contribution >= 4 is 35.6 Å². The van der Waals surface area contributed by atoms with E-state index in [0.29, 0.717) is 25.1 Å². The molecule has 1 saturated heterocycles. The van der Waals surface area contributed by atoms with Crippen LogP contribution in [0.15, 0.2) is 48.5 Å². The molecule has 0 spiro atoms. The van der Waals surface area contributed by atoms with Crippen molar-refractivity contribution < 1.29 is 14.7 Å². The first-order chi connectivity index (χ1) is 13.1. The van der Waals surface area contributed by atoms with E-state index < -0.39 is 6.10 Å². The number of rotatable bonds is 4. The highest BCUT2D eigenvalue weighted by atomic mass is 35.5. The van der Waals surface area contributed by atoms with Crippen LogP contribution in [0.5, 0.6) is 0 Å². The normalized spacial score (nSPS) is 20.4. The number of benzene rings is 2. The summed E-state index contributed by atoms with van der Waals surface area (Å²) in [6.07, 6.45) is 1.19. The first-order valence-electron chi connectivity index (χ1n) is 9.29. The molecule has 2 aliphatic heterocycles. The molecule has 0 bridgehead atoms. The van der Waals surface area contributed by atoms with Crippen LogP contribution < -0.4 is 15.5 Å². The number of aliphatic hydroxyl groups excluding tert-OH is 1. The summed E-state index contributed by atoms with van der Waals surface area (Å²) in [6.45, 7) is 1.17.